The molecule has 0 unspecified atom stereocenters. The van der Waals surface area contributed by atoms with Crippen LogP contribution < -0.4 is 25.4 Å². The molecule has 8 heterocycles. The lowest BCUT2D eigenvalue weighted by Crippen LogP contribution is -2.40. The molecule has 370 valence electrons. The van der Waals surface area contributed by atoms with Gasteiger partial charge in [-0.25, -0.2) is 29.9 Å². The van der Waals surface area contributed by atoms with Crippen molar-refractivity contribution in [1.29, 1.82) is 10.5 Å². The van der Waals surface area contributed by atoms with Gasteiger partial charge in [0.1, 0.15) is 73.3 Å². The van der Waals surface area contributed by atoms with Crippen molar-refractivity contribution in [2.24, 2.45) is 5.92 Å². The van der Waals surface area contributed by atoms with Crippen LogP contribution >= 0.6 is 0 Å². The van der Waals surface area contributed by atoms with Gasteiger partial charge in [-0.1, -0.05) is 13.8 Å². The van der Waals surface area contributed by atoms with Crippen LogP contribution in [0.25, 0.3) is 34.0 Å². The number of carbonyl (C=O) groups excluding carboxylic acids is 1. The minimum absolute atomic E-state index is 0.0229. The zero-order valence-corrected chi connectivity index (χ0v) is 39.6. The predicted octanol–water partition coefficient (Wildman–Crippen LogP) is 4.13. The molecule has 1 atom stereocenters. The summed E-state index contributed by atoms with van der Waals surface area (Å²) in [5.41, 5.74) is 3.53. The molecule has 6 aromatic rings. The number of aliphatic hydroxyl groups excluding tert-OH is 1. The molecule has 22 heteroatoms. The molecule has 0 aromatic carbocycles. The Labute approximate surface area is 405 Å². The van der Waals surface area contributed by atoms with Gasteiger partial charge in [0.05, 0.1) is 44.2 Å². The maximum absolute atomic E-state index is 12.1. The van der Waals surface area contributed by atoms with E-state index < -0.39 is 0 Å². The number of nitriles is 2. The average Bonchev–Trinajstić information content (AvgIpc) is 4.00. The van der Waals surface area contributed by atoms with E-state index in [4.69, 9.17) is 58.8 Å². The van der Waals surface area contributed by atoms with E-state index in [-0.39, 0.29) is 63.0 Å². The number of hydrogen-bond acceptors (Lipinski definition) is 20. The highest BCUT2D eigenvalue weighted by Crippen LogP contribution is 2.31. The van der Waals surface area contributed by atoms with Crippen molar-refractivity contribution in [3.8, 4) is 35.3 Å². The van der Waals surface area contributed by atoms with Gasteiger partial charge in [0.25, 0.3) is 0 Å². The van der Waals surface area contributed by atoms with Crippen LogP contribution in [0.15, 0.2) is 61.4 Å². The molecular formula is C48H59N13O9. The minimum Gasteiger partial charge on any atom is -0.487 e. The van der Waals surface area contributed by atoms with Gasteiger partial charge in [-0.2, -0.15) is 10.5 Å². The van der Waals surface area contributed by atoms with E-state index in [9.17, 15) is 4.79 Å². The molecule has 0 saturated carbocycles. The summed E-state index contributed by atoms with van der Waals surface area (Å²) in [5.74, 6) is 3.46. The Kier molecular flexibility index (Phi) is 18.9. The van der Waals surface area contributed by atoms with Crippen LogP contribution in [0.1, 0.15) is 50.7 Å². The van der Waals surface area contributed by atoms with Crippen molar-refractivity contribution < 1.29 is 43.1 Å². The molecule has 0 bridgehead atoms. The number of nitrogens with zero attached hydrogens (tertiary/aromatic N) is 10. The molecule has 2 aliphatic heterocycles. The number of nitrogens with one attached hydrogen (secondary N) is 3. The summed E-state index contributed by atoms with van der Waals surface area (Å²) in [5, 5.41) is 36.8. The Hall–Kier alpha value is -7.05. The van der Waals surface area contributed by atoms with Crippen LogP contribution in [-0.2, 0) is 28.5 Å². The van der Waals surface area contributed by atoms with Gasteiger partial charge in [-0.3, -0.25) is 13.9 Å². The van der Waals surface area contributed by atoms with Gasteiger partial charge in [-0.15, -0.1) is 0 Å². The van der Waals surface area contributed by atoms with Crippen molar-refractivity contribution in [2.75, 3.05) is 97.0 Å². The van der Waals surface area contributed by atoms with Gasteiger partial charge in [0.2, 0.25) is 0 Å². The van der Waals surface area contributed by atoms with Crippen molar-refractivity contribution in [3.63, 3.8) is 0 Å². The largest absolute Gasteiger partial charge is 0.487 e. The number of pyridine rings is 4. The van der Waals surface area contributed by atoms with Crippen LogP contribution in [0.3, 0.4) is 0 Å². The highest BCUT2D eigenvalue weighted by molar-refractivity contribution is 5.80. The number of rotatable bonds is 22. The van der Waals surface area contributed by atoms with Gasteiger partial charge in [0.15, 0.2) is 34.4 Å². The van der Waals surface area contributed by atoms with Crippen molar-refractivity contribution in [2.45, 2.75) is 57.7 Å². The molecule has 4 N–H and O–H groups in total. The zero-order chi connectivity index (χ0) is 49.1. The Morgan fingerprint density at radius 2 is 1.19 bits per heavy atom. The quantitative estimate of drug-likeness (QED) is 0.0550. The molecule has 2 aliphatic rings. The molecule has 2 saturated heterocycles. The summed E-state index contributed by atoms with van der Waals surface area (Å²) >= 11 is 0. The van der Waals surface area contributed by atoms with E-state index in [2.05, 4.69) is 48.0 Å². The number of esters is 1. The third kappa shape index (κ3) is 13.8. The number of ether oxygens (including phenoxy) is 7. The Morgan fingerprint density at radius 1 is 0.714 bits per heavy atom. The molecule has 22 nitrogen and oxygen atoms in total. The lowest BCUT2D eigenvalue weighted by molar-refractivity contribution is -0.148. The number of hydrogen-bond donors (Lipinski definition) is 4. The zero-order valence-electron chi connectivity index (χ0n) is 39.6. The molecular weight excluding hydrogens is 903 g/mol. The fraction of sp³-hybridized carbons (Fsp3) is 0.479. The molecule has 6 aromatic heterocycles. The van der Waals surface area contributed by atoms with Crippen LogP contribution in [-0.4, -0.2) is 155 Å². The first kappa shape index (κ1) is 50.8. The second kappa shape index (κ2) is 26.1. The Morgan fingerprint density at radius 3 is 1.60 bits per heavy atom. The molecule has 70 heavy (non-hydrogen) atoms. The van der Waals surface area contributed by atoms with Crippen LogP contribution in [0.5, 0.6) is 11.5 Å². The number of likely N-dealkylation sites (N-methyl/N-ethyl adjacent to an activating group) is 1. The summed E-state index contributed by atoms with van der Waals surface area (Å²) in [6.45, 7) is 8.70. The summed E-state index contributed by atoms with van der Waals surface area (Å²) in [6, 6.07) is 14.9. The number of carbonyl (C=O) groups is 1. The molecule has 0 radical (unpaired) electrons. The highest BCUT2D eigenvalue weighted by atomic mass is 16.6. The number of aliphatic hydroxyl groups is 1. The minimum atomic E-state index is -0.339. The van der Waals surface area contributed by atoms with Crippen LogP contribution in [0, 0.1) is 28.6 Å². The van der Waals surface area contributed by atoms with Gasteiger partial charge < -0.3 is 54.2 Å². The summed E-state index contributed by atoms with van der Waals surface area (Å²) in [4.78, 5) is 39.4. The van der Waals surface area contributed by atoms with Gasteiger partial charge in [-0.05, 0) is 62.9 Å². The van der Waals surface area contributed by atoms with E-state index in [0.29, 0.717) is 114 Å². The first-order valence-electron chi connectivity index (χ1n) is 23.3. The lowest BCUT2D eigenvalue weighted by atomic mass is 10.1. The molecule has 0 spiro atoms. The SMILES string of the molecule is CN[C@H](C(=O)OCCOCCOc1cc2ncn(-c3ccc(C#N)cn3)c2nc1NC1CCOCC1)C(C)C.N#Cc1ccc(-n2cnc3cc(OCCOCCO)c(NC4CCOCC4)nc32)nc1. The Bertz CT molecular complexity index is 2670. The van der Waals surface area contributed by atoms with Gasteiger partial charge in [0, 0.05) is 63.0 Å². The number of aromatic nitrogens is 8. The smallest absolute Gasteiger partial charge is 0.323 e. The summed E-state index contributed by atoms with van der Waals surface area (Å²) in [6.07, 6.45) is 9.83. The summed E-state index contributed by atoms with van der Waals surface area (Å²) < 4.78 is 42.6. The second-order valence-electron chi connectivity index (χ2n) is 16.5. The second-order valence-corrected chi connectivity index (χ2v) is 16.5. The topological polar surface area (TPSA) is 273 Å². The van der Waals surface area contributed by atoms with E-state index in [0.717, 1.165) is 25.7 Å². The standard InChI is InChI=1S/C27H35N7O5.C21H24N6O4/c1-18(2)24(29-3)27(35)39-13-11-37-10-12-38-22-14-21-26(33-25(22)32-20-6-8-36-9-7-20)34(17-31-21)23-5-4-19(15-28)16-30-23;22-12-15-1-2-19(23-13-15)27-14-24-17-11-18(31-10-9-30-8-5-28)20(26-21(17)27)25-16-3-6-29-7-4-16/h4-5,14,16-18,20,24,29H,6-13H2,1-3H3,(H,32,33);1-2,11,13-14,16,28H,3-10H2,(H,25,26)/t24-;/m0./s1. The van der Waals surface area contributed by atoms with Gasteiger partial charge >= 0.3 is 5.97 Å². The fourth-order valence-electron chi connectivity index (χ4n) is 7.57. The third-order valence-electron chi connectivity index (χ3n) is 11.3. The molecule has 0 aliphatic carbocycles. The number of fused-ring (bicyclic) bond motifs is 2. The maximum Gasteiger partial charge on any atom is 0.323 e. The monoisotopic (exact) mass is 961 g/mol. The number of imidazole rings is 2. The normalized spacial score (nSPS) is 14.6. The highest BCUT2D eigenvalue weighted by Gasteiger charge is 2.23. The van der Waals surface area contributed by atoms with Crippen molar-refractivity contribution >= 4 is 39.9 Å². The predicted molar refractivity (Wildman–Crippen MR) is 256 cm³/mol. The van der Waals surface area contributed by atoms with E-state index in [1.54, 1.807) is 53.1 Å². The lowest BCUT2D eigenvalue weighted by Gasteiger charge is -2.24. The first-order valence-corrected chi connectivity index (χ1v) is 23.3. The van der Waals surface area contributed by atoms with Crippen molar-refractivity contribution in [3.05, 3.63) is 72.6 Å². The molecule has 2 fully saturated rings. The average molecular weight is 962 g/mol. The molecule has 8 rings (SSSR count). The van der Waals surface area contributed by atoms with E-state index in [1.165, 1.54) is 12.4 Å². The molecule has 0 amide bonds. The Balaban J connectivity index is 0.000000212. The van der Waals surface area contributed by atoms with Crippen molar-refractivity contribution in [1.82, 2.24) is 44.4 Å². The maximum atomic E-state index is 12.1. The number of anilines is 2. The van der Waals surface area contributed by atoms with Crippen LogP contribution in [0.2, 0.25) is 0 Å². The third-order valence-corrected chi connectivity index (χ3v) is 11.3. The summed E-state index contributed by atoms with van der Waals surface area (Å²) in [7, 11) is 1.74. The van der Waals surface area contributed by atoms with Crippen LogP contribution in [0.4, 0.5) is 11.6 Å². The fourth-order valence-corrected chi connectivity index (χ4v) is 7.57. The van der Waals surface area contributed by atoms with E-state index >= 15 is 0 Å². The first-order chi connectivity index (χ1) is 34.3. The van der Waals surface area contributed by atoms with E-state index in [1.807, 2.05) is 26.0 Å².